The SMILES string of the molecule is COC(=O)C(NC(=O)OC(C)(C)C)C1C(CO)C1(C)C. The molecule has 3 unspecified atom stereocenters. The van der Waals surface area contributed by atoms with Gasteiger partial charge in [-0.1, -0.05) is 13.8 Å². The van der Waals surface area contributed by atoms with E-state index in [9.17, 15) is 14.7 Å². The number of hydrogen-bond donors (Lipinski definition) is 2. The zero-order valence-corrected chi connectivity index (χ0v) is 13.0. The molecule has 1 rings (SSSR count). The summed E-state index contributed by atoms with van der Waals surface area (Å²) in [7, 11) is 1.27. The Morgan fingerprint density at radius 1 is 1.35 bits per heavy atom. The molecule has 1 amide bonds. The van der Waals surface area contributed by atoms with Crippen LogP contribution in [0.1, 0.15) is 34.6 Å². The van der Waals surface area contributed by atoms with Gasteiger partial charge in [-0.3, -0.25) is 0 Å². The minimum absolute atomic E-state index is 0.0266. The number of ether oxygens (including phenoxy) is 2. The van der Waals surface area contributed by atoms with Gasteiger partial charge < -0.3 is 19.9 Å². The highest BCUT2D eigenvalue weighted by atomic mass is 16.6. The number of alkyl carbamates (subject to hydrolysis) is 1. The lowest BCUT2D eigenvalue weighted by Gasteiger charge is -2.23. The summed E-state index contributed by atoms with van der Waals surface area (Å²) < 4.78 is 9.90. The number of carbonyl (C=O) groups is 2. The van der Waals surface area contributed by atoms with Crippen molar-refractivity contribution in [2.24, 2.45) is 17.3 Å². The Kier molecular flexibility index (Phi) is 4.69. The number of aliphatic hydroxyl groups is 1. The molecule has 1 aliphatic rings. The second-order valence-electron chi connectivity index (χ2n) is 6.78. The fourth-order valence-corrected chi connectivity index (χ4v) is 2.65. The van der Waals surface area contributed by atoms with Crippen LogP contribution < -0.4 is 5.32 Å². The summed E-state index contributed by atoms with van der Waals surface area (Å²) in [6.07, 6.45) is -0.660. The summed E-state index contributed by atoms with van der Waals surface area (Å²) in [6.45, 7) is 9.11. The van der Waals surface area contributed by atoms with Crippen molar-refractivity contribution in [1.82, 2.24) is 5.32 Å². The molecule has 0 aromatic carbocycles. The van der Waals surface area contributed by atoms with Crippen LogP contribution in [-0.2, 0) is 14.3 Å². The van der Waals surface area contributed by atoms with Crippen LogP contribution in [0.2, 0.25) is 0 Å². The fraction of sp³-hybridized carbons (Fsp3) is 0.857. The summed E-state index contributed by atoms with van der Waals surface area (Å²) in [5.74, 6) is -0.723. The van der Waals surface area contributed by atoms with Crippen molar-refractivity contribution in [3.8, 4) is 0 Å². The third-order valence-corrected chi connectivity index (χ3v) is 3.82. The third kappa shape index (κ3) is 3.62. The van der Waals surface area contributed by atoms with Gasteiger partial charge in [0.1, 0.15) is 11.6 Å². The molecule has 2 N–H and O–H groups in total. The molecule has 0 aromatic rings. The molecule has 0 aromatic heterocycles. The van der Waals surface area contributed by atoms with E-state index in [4.69, 9.17) is 9.47 Å². The lowest BCUT2D eigenvalue weighted by molar-refractivity contribution is -0.144. The molecule has 6 nitrogen and oxygen atoms in total. The number of nitrogens with one attached hydrogen (secondary N) is 1. The average molecular weight is 287 g/mol. The Morgan fingerprint density at radius 3 is 2.25 bits per heavy atom. The van der Waals surface area contributed by atoms with Crippen molar-refractivity contribution in [3.05, 3.63) is 0 Å². The maximum atomic E-state index is 11.9. The molecule has 0 saturated heterocycles. The predicted octanol–water partition coefficient (Wildman–Crippen LogP) is 1.32. The highest BCUT2D eigenvalue weighted by molar-refractivity contribution is 5.82. The monoisotopic (exact) mass is 287 g/mol. The van der Waals surface area contributed by atoms with Crippen LogP contribution in [0, 0.1) is 17.3 Å². The number of esters is 1. The van der Waals surface area contributed by atoms with E-state index in [1.165, 1.54) is 7.11 Å². The van der Waals surface area contributed by atoms with Crippen LogP contribution in [0.15, 0.2) is 0 Å². The third-order valence-electron chi connectivity index (χ3n) is 3.82. The maximum absolute atomic E-state index is 11.9. The highest BCUT2D eigenvalue weighted by Crippen LogP contribution is 2.59. The van der Waals surface area contributed by atoms with Gasteiger partial charge in [-0.05, 0) is 32.1 Å². The Bertz CT molecular complexity index is 386. The van der Waals surface area contributed by atoms with Crippen molar-refractivity contribution in [1.29, 1.82) is 0 Å². The molecule has 0 heterocycles. The molecule has 20 heavy (non-hydrogen) atoms. The van der Waals surface area contributed by atoms with Crippen LogP contribution in [0.3, 0.4) is 0 Å². The number of methoxy groups -OCH3 is 1. The van der Waals surface area contributed by atoms with Gasteiger partial charge in [-0.15, -0.1) is 0 Å². The van der Waals surface area contributed by atoms with Crippen LogP contribution >= 0.6 is 0 Å². The van der Waals surface area contributed by atoms with Gasteiger partial charge in [0.25, 0.3) is 0 Å². The number of carbonyl (C=O) groups excluding carboxylic acids is 2. The van der Waals surface area contributed by atoms with E-state index in [2.05, 4.69) is 5.32 Å². The van der Waals surface area contributed by atoms with Crippen molar-refractivity contribution in [2.45, 2.75) is 46.3 Å². The Morgan fingerprint density at radius 2 is 1.90 bits per heavy atom. The lowest BCUT2D eigenvalue weighted by atomic mass is 10.0. The molecule has 116 valence electrons. The molecule has 1 fully saturated rings. The van der Waals surface area contributed by atoms with Crippen LogP contribution in [-0.4, -0.2) is 42.5 Å². The largest absolute Gasteiger partial charge is 0.467 e. The molecule has 0 radical (unpaired) electrons. The predicted molar refractivity (Wildman–Crippen MR) is 73.0 cm³/mol. The molecular weight excluding hydrogens is 262 g/mol. The van der Waals surface area contributed by atoms with Crippen LogP contribution in [0.25, 0.3) is 0 Å². The van der Waals surface area contributed by atoms with Crippen molar-refractivity contribution >= 4 is 12.1 Å². The Hall–Kier alpha value is -1.30. The topological polar surface area (TPSA) is 84.9 Å². The summed E-state index contributed by atoms with van der Waals surface area (Å²) >= 11 is 0. The first kappa shape index (κ1) is 16.8. The van der Waals surface area contributed by atoms with Crippen molar-refractivity contribution < 1.29 is 24.2 Å². The van der Waals surface area contributed by atoms with Gasteiger partial charge in [0.15, 0.2) is 0 Å². The summed E-state index contributed by atoms with van der Waals surface area (Å²) in [4.78, 5) is 23.7. The lowest BCUT2D eigenvalue weighted by Crippen LogP contribution is -2.46. The molecule has 1 saturated carbocycles. The second-order valence-corrected chi connectivity index (χ2v) is 6.78. The number of rotatable bonds is 4. The highest BCUT2D eigenvalue weighted by Gasteiger charge is 2.62. The zero-order chi connectivity index (χ0) is 15.7. The fourth-order valence-electron chi connectivity index (χ4n) is 2.65. The first-order valence-electron chi connectivity index (χ1n) is 6.72. The molecule has 6 heteroatoms. The van der Waals surface area contributed by atoms with Crippen molar-refractivity contribution in [2.75, 3.05) is 13.7 Å². The van der Waals surface area contributed by atoms with Gasteiger partial charge in [0.05, 0.1) is 7.11 Å². The molecule has 3 atom stereocenters. The molecular formula is C14H25NO5. The van der Waals surface area contributed by atoms with E-state index in [1.54, 1.807) is 20.8 Å². The second kappa shape index (κ2) is 5.60. The maximum Gasteiger partial charge on any atom is 0.408 e. The molecule has 0 aliphatic heterocycles. The van der Waals surface area contributed by atoms with E-state index >= 15 is 0 Å². The van der Waals surface area contributed by atoms with Gasteiger partial charge in [0.2, 0.25) is 0 Å². The Labute approximate surface area is 119 Å². The quantitative estimate of drug-likeness (QED) is 0.762. The summed E-state index contributed by atoms with van der Waals surface area (Å²) in [6, 6.07) is -0.804. The smallest absolute Gasteiger partial charge is 0.408 e. The first-order chi connectivity index (χ1) is 9.04. The van der Waals surface area contributed by atoms with Gasteiger partial charge in [-0.25, -0.2) is 9.59 Å². The van der Waals surface area contributed by atoms with Gasteiger partial charge in [0, 0.05) is 12.5 Å². The number of amides is 1. The van der Waals surface area contributed by atoms with Gasteiger partial charge in [-0.2, -0.15) is 0 Å². The minimum Gasteiger partial charge on any atom is -0.467 e. The van der Waals surface area contributed by atoms with Crippen LogP contribution in [0.4, 0.5) is 4.79 Å². The minimum atomic E-state index is -0.804. The first-order valence-corrected chi connectivity index (χ1v) is 6.72. The van der Waals surface area contributed by atoms with Crippen molar-refractivity contribution in [3.63, 3.8) is 0 Å². The Balaban J connectivity index is 2.78. The normalized spacial score (nSPS) is 25.6. The standard InChI is InChI=1S/C14H25NO5/c1-13(2,3)20-12(18)15-10(11(17)19-6)9-8(7-16)14(9,4)5/h8-10,16H,7H2,1-6H3,(H,15,18). The average Bonchev–Trinajstić information content (AvgIpc) is 2.84. The van der Waals surface area contributed by atoms with E-state index in [-0.39, 0.29) is 23.9 Å². The number of hydrogen-bond acceptors (Lipinski definition) is 5. The summed E-state index contributed by atoms with van der Waals surface area (Å²) in [5, 5.41) is 11.9. The van der Waals surface area contributed by atoms with E-state index < -0.39 is 23.7 Å². The zero-order valence-electron chi connectivity index (χ0n) is 13.0. The molecule has 1 aliphatic carbocycles. The molecule has 0 bridgehead atoms. The van der Waals surface area contributed by atoms with Gasteiger partial charge >= 0.3 is 12.1 Å². The van der Waals surface area contributed by atoms with E-state index in [0.717, 1.165) is 0 Å². The molecule has 0 spiro atoms. The van der Waals surface area contributed by atoms with E-state index in [1.807, 2.05) is 13.8 Å². The van der Waals surface area contributed by atoms with E-state index in [0.29, 0.717) is 0 Å². The summed E-state index contributed by atoms with van der Waals surface area (Å²) in [5.41, 5.74) is -0.858. The van der Waals surface area contributed by atoms with Crippen LogP contribution in [0.5, 0.6) is 0 Å². The number of aliphatic hydroxyl groups excluding tert-OH is 1.